The maximum Gasteiger partial charge on any atom is 0.191 e. The molecule has 0 fully saturated rings. The Morgan fingerprint density at radius 2 is 1.25 bits per heavy atom. The molecule has 0 heterocycles. The number of nitrogens with zero attached hydrogens (tertiary/aromatic N) is 1. The van der Waals surface area contributed by atoms with Crippen LogP contribution in [0.25, 0.3) is 0 Å². The molecule has 24 heavy (non-hydrogen) atoms. The fourth-order valence-electron chi connectivity index (χ4n) is 3.09. The van der Waals surface area contributed by atoms with E-state index in [1.165, 1.54) is 0 Å². The van der Waals surface area contributed by atoms with E-state index >= 15 is 0 Å². The topological polar surface area (TPSA) is 20.3 Å². The van der Waals surface area contributed by atoms with Crippen molar-refractivity contribution in [2.75, 3.05) is 4.90 Å². The summed E-state index contributed by atoms with van der Waals surface area (Å²) in [4.78, 5) is 14.8. The van der Waals surface area contributed by atoms with Crippen LogP contribution >= 0.6 is 0 Å². The molecule has 116 valence electrons. The van der Waals surface area contributed by atoms with E-state index < -0.39 is 0 Å². The second kappa shape index (κ2) is 6.17. The lowest BCUT2D eigenvalue weighted by Crippen LogP contribution is -2.11. The van der Waals surface area contributed by atoms with Gasteiger partial charge in [-0.3, -0.25) is 4.79 Å². The SMILES string of the molecule is O=C1/C(=C/N(c2ccccc2)c2ccccc2)Cc2ccccc21. The van der Waals surface area contributed by atoms with E-state index in [4.69, 9.17) is 0 Å². The van der Waals surface area contributed by atoms with Crippen molar-refractivity contribution < 1.29 is 4.79 Å². The summed E-state index contributed by atoms with van der Waals surface area (Å²) < 4.78 is 0. The minimum Gasteiger partial charge on any atom is -0.317 e. The molecule has 0 aliphatic heterocycles. The quantitative estimate of drug-likeness (QED) is 0.624. The Morgan fingerprint density at radius 1 is 0.708 bits per heavy atom. The number of carbonyl (C=O) groups excluding carboxylic acids is 1. The van der Waals surface area contributed by atoms with Crippen molar-refractivity contribution in [2.45, 2.75) is 6.42 Å². The van der Waals surface area contributed by atoms with Crippen LogP contribution in [0.4, 0.5) is 11.4 Å². The fraction of sp³-hybridized carbons (Fsp3) is 0.0455. The number of allylic oxidation sites excluding steroid dienone is 1. The highest BCUT2D eigenvalue weighted by Gasteiger charge is 2.25. The van der Waals surface area contributed by atoms with E-state index in [0.29, 0.717) is 6.42 Å². The van der Waals surface area contributed by atoms with Gasteiger partial charge in [0, 0.05) is 35.1 Å². The molecule has 4 rings (SSSR count). The van der Waals surface area contributed by atoms with Crippen molar-refractivity contribution in [3.05, 3.63) is 108 Å². The molecule has 0 amide bonds. The van der Waals surface area contributed by atoms with Gasteiger partial charge in [-0.2, -0.15) is 0 Å². The molecule has 3 aromatic carbocycles. The zero-order valence-corrected chi connectivity index (χ0v) is 13.2. The van der Waals surface area contributed by atoms with Gasteiger partial charge in [-0.05, 0) is 29.8 Å². The summed E-state index contributed by atoms with van der Waals surface area (Å²) >= 11 is 0. The van der Waals surface area contributed by atoms with E-state index in [1.54, 1.807) is 0 Å². The minimum absolute atomic E-state index is 0.127. The first-order valence-electron chi connectivity index (χ1n) is 8.05. The summed E-state index contributed by atoms with van der Waals surface area (Å²) in [7, 11) is 0. The first-order chi connectivity index (χ1) is 11.8. The number of carbonyl (C=O) groups is 1. The fourth-order valence-corrected chi connectivity index (χ4v) is 3.09. The molecule has 0 unspecified atom stereocenters. The standard InChI is InChI=1S/C22H17NO/c24-22-18(15-17-9-7-8-14-21(17)22)16-23(19-10-3-1-4-11-19)20-12-5-2-6-13-20/h1-14,16H,15H2/b18-16+. The third-order valence-electron chi connectivity index (χ3n) is 4.29. The van der Waals surface area contributed by atoms with Gasteiger partial charge in [-0.25, -0.2) is 0 Å². The molecule has 0 atom stereocenters. The first kappa shape index (κ1) is 14.5. The third kappa shape index (κ3) is 2.63. The Bertz CT molecular complexity index is 858. The Kier molecular flexibility index (Phi) is 3.72. The number of rotatable bonds is 3. The van der Waals surface area contributed by atoms with Gasteiger partial charge in [-0.15, -0.1) is 0 Å². The Morgan fingerprint density at radius 3 is 1.83 bits per heavy atom. The van der Waals surface area contributed by atoms with E-state index in [0.717, 1.165) is 28.1 Å². The van der Waals surface area contributed by atoms with Gasteiger partial charge in [-0.1, -0.05) is 60.7 Å². The molecule has 0 aromatic heterocycles. The predicted molar refractivity (Wildman–Crippen MR) is 97.6 cm³/mol. The molecule has 0 spiro atoms. The van der Waals surface area contributed by atoms with Crippen molar-refractivity contribution in [3.8, 4) is 0 Å². The van der Waals surface area contributed by atoms with E-state index in [2.05, 4.69) is 29.2 Å². The molecular formula is C22H17NO. The number of fused-ring (bicyclic) bond motifs is 1. The molecule has 0 saturated carbocycles. The minimum atomic E-state index is 0.127. The van der Waals surface area contributed by atoms with Crippen molar-refractivity contribution in [1.82, 2.24) is 0 Å². The number of Topliss-reactive ketones (excluding diaryl/α,β-unsaturated/α-hetero) is 1. The van der Waals surface area contributed by atoms with Crippen LogP contribution < -0.4 is 4.90 Å². The summed E-state index contributed by atoms with van der Waals surface area (Å²) in [5.41, 5.74) is 4.84. The van der Waals surface area contributed by atoms with Gasteiger partial charge in [0.2, 0.25) is 0 Å². The van der Waals surface area contributed by atoms with Gasteiger partial charge in [0.15, 0.2) is 5.78 Å². The highest BCUT2D eigenvalue weighted by molar-refractivity contribution is 6.13. The normalized spacial score (nSPS) is 14.7. The zero-order valence-electron chi connectivity index (χ0n) is 13.2. The Hall–Kier alpha value is -3.13. The molecule has 3 aromatic rings. The largest absolute Gasteiger partial charge is 0.317 e. The van der Waals surface area contributed by atoms with Crippen LogP contribution in [0, 0.1) is 0 Å². The molecule has 2 heteroatoms. The van der Waals surface area contributed by atoms with Crippen LogP contribution in [-0.4, -0.2) is 5.78 Å². The summed E-state index contributed by atoms with van der Waals surface area (Å²) in [5.74, 6) is 0.127. The number of hydrogen-bond acceptors (Lipinski definition) is 2. The van der Waals surface area contributed by atoms with Crippen LogP contribution in [0.1, 0.15) is 15.9 Å². The predicted octanol–water partition coefficient (Wildman–Crippen LogP) is 5.15. The summed E-state index contributed by atoms with van der Waals surface area (Å²) in [6.45, 7) is 0. The van der Waals surface area contributed by atoms with Crippen molar-refractivity contribution >= 4 is 17.2 Å². The lowest BCUT2D eigenvalue weighted by atomic mass is 10.1. The maximum absolute atomic E-state index is 12.7. The Labute approximate surface area is 141 Å². The van der Waals surface area contributed by atoms with Gasteiger partial charge in [0.25, 0.3) is 0 Å². The van der Waals surface area contributed by atoms with Crippen molar-refractivity contribution in [3.63, 3.8) is 0 Å². The van der Waals surface area contributed by atoms with Gasteiger partial charge < -0.3 is 4.90 Å². The van der Waals surface area contributed by atoms with Crippen LogP contribution in [-0.2, 0) is 6.42 Å². The molecule has 2 nitrogen and oxygen atoms in total. The first-order valence-corrected chi connectivity index (χ1v) is 8.05. The lowest BCUT2D eigenvalue weighted by Gasteiger charge is -2.21. The molecule has 1 aliphatic carbocycles. The maximum atomic E-state index is 12.7. The van der Waals surface area contributed by atoms with Crippen LogP contribution in [0.15, 0.2) is 96.7 Å². The highest BCUT2D eigenvalue weighted by Crippen LogP contribution is 2.31. The van der Waals surface area contributed by atoms with E-state index in [9.17, 15) is 4.79 Å². The van der Waals surface area contributed by atoms with Crippen molar-refractivity contribution in [1.29, 1.82) is 0 Å². The zero-order chi connectivity index (χ0) is 16.4. The highest BCUT2D eigenvalue weighted by atomic mass is 16.1. The second-order valence-corrected chi connectivity index (χ2v) is 5.86. The van der Waals surface area contributed by atoms with Crippen LogP contribution in [0.2, 0.25) is 0 Å². The molecule has 0 saturated heterocycles. The number of hydrogen-bond donors (Lipinski definition) is 0. The second-order valence-electron chi connectivity index (χ2n) is 5.86. The molecule has 1 aliphatic rings. The van der Waals surface area contributed by atoms with Crippen LogP contribution in [0.3, 0.4) is 0 Å². The van der Waals surface area contributed by atoms with E-state index in [-0.39, 0.29) is 5.78 Å². The van der Waals surface area contributed by atoms with Gasteiger partial charge in [0.1, 0.15) is 0 Å². The monoisotopic (exact) mass is 311 g/mol. The third-order valence-corrected chi connectivity index (χ3v) is 4.29. The number of anilines is 2. The summed E-state index contributed by atoms with van der Waals surface area (Å²) in [6.07, 6.45) is 2.66. The average Bonchev–Trinajstić information content (AvgIpc) is 2.97. The lowest BCUT2D eigenvalue weighted by molar-refractivity contribution is 0.103. The van der Waals surface area contributed by atoms with Crippen molar-refractivity contribution in [2.24, 2.45) is 0 Å². The smallest absolute Gasteiger partial charge is 0.191 e. The number of para-hydroxylation sites is 2. The Balaban J connectivity index is 1.78. The molecule has 0 bridgehead atoms. The number of benzene rings is 3. The number of ketones is 1. The summed E-state index contributed by atoms with van der Waals surface area (Å²) in [6, 6.07) is 28.1. The van der Waals surface area contributed by atoms with E-state index in [1.807, 2.05) is 66.9 Å². The molecular weight excluding hydrogens is 294 g/mol. The van der Waals surface area contributed by atoms with Gasteiger partial charge in [0.05, 0.1) is 0 Å². The van der Waals surface area contributed by atoms with Crippen LogP contribution in [0.5, 0.6) is 0 Å². The molecule has 0 N–H and O–H groups in total. The molecule has 0 radical (unpaired) electrons. The average molecular weight is 311 g/mol. The van der Waals surface area contributed by atoms with Gasteiger partial charge >= 0.3 is 0 Å². The summed E-state index contributed by atoms with van der Waals surface area (Å²) in [5, 5.41) is 0.